The fraction of sp³-hybridized carbons (Fsp3) is 0.471. The molecule has 2 amide bonds. The third-order valence-corrected chi connectivity index (χ3v) is 5.67. The standard InChI is InChI=1S/C17H20N4O2S/c22-15-2-1-6-21(15)13-3-7-20(8-4-13)17(23)14-10-18-19-16(14)12-5-9-24-11-12/h5,9-11,13H,1-4,6-8H2,(H,18,19). The molecule has 0 aromatic carbocycles. The Morgan fingerprint density at radius 2 is 2.12 bits per heavy atom. The molecule has 0 atom stereocenters. The normalized spacial score (nSPS) is 19.2. The second kappa shape index (κ2) is 6.39. The van der Waals surface area contributed by atoms with Gasteiger partial charge in [-0.2, -0.15) is 16.4 Å². The molecule has 2 saturated heterocycles. The van der Waals surface area contributed by atoms with E-state index in [2.05, 4.69) is 10.2 Å². The van der Waals surface area contributed by atoms with Gasteiger partial charge in [0.15, 0.2) is 0 Å². The second-order valence-corrected chi connectivity index (χ2v) is 7.16. The minimum Gasteiger partial charge on any atom is -0.340 e. The van der Waals surface area contributed by atoms with Crippen molar-refractivity contribution in [3.8, 4) is 11.3 Å². The van der Waals surface area contributed by atoms with Gasteiger partial charge in [-0.3, -0.25) is 14.7 Å². The molecule has 126 valence electrons. The number of aromatic nitrogens is 2. The Hall–Kier alpha value is -2.15. The molecule has 2 aromatic rings. The van der Waals surface area contributed by atoms with Gasteiger partial charge in [-0.25, -0.2) is 0 Å². The third-order valence-electron chi connectivity index (χ3n) is 4.98. The monoisotopic (exact) mass is 344 g/mol. The highest BCUT2D eigenvalue weighted by Crippen LogP contribution is 2.27. The van der Waals surface area contributed by atoms with E-state index in [0.717, 1.165) is 37.1 Å². The Kier molecular flexibility index (Phi) is 4.10. The molecule has 4 heterocycles. The summed E-state index contributed by atoms with van der Waals surface area (Å²) in [5.74, 6) is 0.297. The highest BCUT2D eigenvalue weighted by Gasteiger charge is 2.32. The van der Waals surface area contributed by atoms with Gasteiger partial charge in [0.05, 0.1) is 17.5 Å². The molecule has 2 aliphatic heterocycles. The molecule has 2 aromatic heterocycles. The van der Waals surface area contributed by atoms with Crippen molar-refractivity contribution in [1.82, 2.24) is 20.0 Å². The summed E-state index contributed by atoms with van der Waals surface area (Å²) in [5, 5.41) is 11.0. The lowest BCUT2D eigenvalue weighted by Crippen LogP contribution is -2.47. The van der Waals surface area contributed by atoms with Gasteiger partial charge < -0.3 is 9.80 Å². The first-order valence-corrected chi connectivity index (χ1v) is 9.33. The van der Waals surface area contributed by atoms with Crippen LogP contribution in [-0.4, -0.2) is 57.5 Å². The van der Waals surface area contributed by atoms with Crippen molar-refractivity contribution < 1.29 is 9.59 Å². The second-order valence-electron chi connectivity index (χ2n) is 6.38. The number of H-pyrrole nitrogens is 1. The van der Waals surface area contributed by atoms with Crippen molar-refractivity contribution in [2.45, 2.75) is 31.7 Å². The van der Waals surface area contributed by atoms with Crippen LogP contribution in [0.5, 0.6) is 0 Å². The topological polar surface area (TPSA) is 69.3 Å². The highest BCUT2D eigenvalue weighted by molar-refractivity contribution is 7.08. The maximum atomic E-state index is 12.9. The van der Waals surface area contributed by atoms with E-state index in [1.54, 1.807) is 17.5 Å². The van der Waals surface area contributed by atoms with Crippen molar-refractivity contribution in [3.63, 3.8) is 0 Å². The molecule has 0 radical (unpaired) electrons. The zero-order valence-electron chi connectivity index (χ0n) is 13.4. The van der Waals surface area contributed by atoms with Crippen LogP contribution in [0.1, 0.15) is 36.0 Å². The Morgan fingerprint density at radius 3 is 2.79 bits per heavy atom. The lowest BCUT2D eigenvalue weighted by molar-refractivity contribution is -0.130. The molecule has 0 spiro atoms. The predicted octanol–water partition coefficient (Wildman–Crippen LogP) is 2.37. The molecule has 0 aliphatic carbocycles. The third kappa shape index (κ3) is 2.73. The smallest absolute Gasteiger partial charge is 0.257 e. The summed E-state index contributed by atoms with van der Waals surface area (Å²) in [7, 11) is 0. The van der Waals surface area contributed by atoms with E-state index in [4.69, 9.17) is 0 Å². The van der Waals surface area contributed by atoms with Gasteiger partial charge in [-0.05, 0) is 30.7 Å². The number of nitrogens with zero attached hydrogens (tertiary/aromatic N) is 3. The Balaban J connectivity index is 1.44. The summed E-state index contributed by atoms with van der Waals surface area (Å²) in [4.78, 5) is 28.6. The van der Waals surface area contributed by atoms with Gasteiger partial charge in [0, 0.05) is 43.0 Å². The number of carbonyl (C=O) groups is 2. The molecule has 2 aliphatic rings. The predicted molar refractivity (Wildman–Crippen MR) is 91.8 cm³/mol. The summed E-state index contributed by atoms with van der Waals surface area (Å²) in [5.41, 5.74) is 2.42. The summed E-state index contributed by atoms with van der Waals surface area (Å²) in [6.45, 7) is 2.27. The molecule has 24 heavy (non-hydrogen) atoms. The van der Waals surface area contributed by atoms with Crippen molar-refractivity contribution in [1.29, 1.82) is 0 Å². The molecular formula is C17H20N4O2S. The van der Waals surface area contributed by atoms with Crippen LogP contribution in [0, 0.1) is 0 Å². The first-order chi connectivity index (χ1) is 11.7. The van der Waals surface area contributed by atoms with Crippen LogP contribution >= 0.6 is 11.3 Å². The van der Waals surface area contributed by atoms with Crippen LogP contribution in [0.2, 0.25) is 0 Å². The van der Waals surface area contributed by atoms with Gasteiger partial charge in [-0.1, -0.05) is 0 Å². The number of rotatable bonds is 3. The molecule has 0 saturated carbocycles. The van der Waals surface area contributed by atoms with Gasteiger partial charge in [0.2, 0.25) is 5.91 Å². The number of hydrogen-bond donors (Lipinski definition) is 1. The lowest BCUT2D eigenvalue weighted by Gasteiger charge is -2.36. The average Bonchev–Trinajstić information content (AvgIpc) is 3.35. The van der Waals surface area contributed by atoms with E-state index in [1.165, 1.54) is 0 Å². The molecule has 1 N–H and O–H groups in total. The van der Waals surface area contributed by atoms with Crippen LogP contribution in [0.3, 0.4) is 0 Å². The number of amides is 2. The van der Waals surface area contributed by atoms with Crippen molar-refractivity contribution >= 4 is 23.2 Å². The number of carbonyl (C=O) groups excluding carboxylic acids is 2. The largest absolute Gasteiger partial charge is 0.340 e. The van der Waals surface area contributed by atoms with Crippen LogP contribution in [0.25, 0.3) is 11.3 Å². The van der Waals surface area contributed by atoms with Crippen LogP contribution in [-0.2, 0) is 4.79 Å². The van der Waals surface area contributed by atoms with E-state index in [1.807, 2.05) is 26.6 Å². The van der Waals surface area contributed by atoms with E-state index in [9.17, 15) is 9.59 Å². The number of piperidine rings is 1. The average molecular weight is 344 g/mol. The Bertz CT molecular complexity index is 732. The molecule has 0 bridgehead atoms. The lowest BCUT2D eigenvalue weighted by atomic mass is 10.0. The van der Waals surface area contributed by atoms with E-state index < -0.39 is 0 Å². The summed E-state index contributed by atoms with van der Waals surface area (Å²) in [6, 6.07) is 2.28. The fourth-order valence-corrected chi connectivity index (χ4v) is 4.33. The number of likely N-dealkylation sites (tertiary alicyclic amines) is 2. The molecular weight excluding hydrogens is 324 g/mol. The van der Waals surface area contributed by atoms with Crippen molar-refractivity contribution in [2.75, 3.05) is 19.6 Å². The summed E-state index contributed by atoms with van der Waals surface area (Å²) >= 11 is 1.60. The van der Waals surface area contributed by atoms with Gasteiger partial charge in [0.25, 0.3) is 5.91 Å². The van der Waals surface area contributed by atoms with Gasteiger partial charge in [-0.15, -0.1) is 0 Å². The van der Waals surface area contributed by atoms with Crippen molar-refractivity contribution in [3.05, 3.63) is 28.6 Å². The Morgan fingerprint density at radius 1 is 1.29 bits per heavy atom. The van der Waals surface area contributed by atoms with Crippen LogP contribution in [0.15, 0.2) is 23.0 Å². The van der Waals surface area contributed by atoms with Crippen LogP contribution in [0.4, 0.5) is 0 Å². The number of thiophene rings is 1. The zero-order chi connectivity index (χ0) is 16.5. The highest BCUT2D eigenvalue weighted by atomic mass is 32.1. The number of nitrogens with one attached hydrogen (secondary N) is 1. The quantitative estimate of drug-likeness (QED) is 0.929. The molecule has 0 unspecified atom stereocenters. The Labute approximate surface area is 144 Å². The summed E-state index contributed by atoms with van der Waals surface area (Å²) in [6.07, 6.45) is 4.99. The summed E-state index contributed by atoms with van der Waals surface area (Å²) < 4.78 is 0. The first-order valence-electron chi connectivity index (χ1n) is 8.38. The SMILES string of the molecule is O=C(c1cn[nH]c1-c1ccsc1)N1CCC(N2CCCC2=O)CC1. The molecule has 4 rings (SSSR count). The van der Waals surface area contributed by atoms with Gasteiger partial charge >= 0.3 is 0 Å². The maximum Gasteiger partial charge on any atom is 0.257 e. The van der Waals surface area contributed by atoms with Crippen LogP contribution < -0.4 is 0 Å². The first kappa shape index (κ1) is 15.4. The van der Waals surface area contributed by atoms with E-state index >= 15 is 0 Å². The van der Waals surface area contributed by atoms with Crippen molar-refractivity contribution in [2.24, 2.45) is 0 Å². The zero-order valence-corrected chi connectivity index (χ0v) is 14.2. The minimum absolute atomic E-state index is 0.0242. The molecule has 7 heteroatoms. The van der Waals surface area contributed by atoms with E-state index in [0.29, 0.717) is 31.1 Å². The number of hydrogen-bond acceptors (Lipinski definition) is 4. The molecule has 2 fully saturated rings. The van der Waals surface area contributed by atoms with E-state index in [-0.39, 0.29) is 11.8 Å². The minimum atomic E-state index is 0.0242. The maximum absolute atomic E-state index is 12.9. The number of aromatic amines is 1. The molecule has 6 nitrogen and oxygen atoms in total. The fourth-order valence-electron chi connectivity index (χ4n) is 3.68. The van der Waals surface area contributed by atoms with Gasteiger partial charge in [0.1, 0.15) is 0 Å².